The second kappa shape index (κ2) is 6.05. The van der Waals surface area contributed by atoms with Crippen LogP contribution in [-0.2, 0) is 11.2 Å². The fraction of sp³-hybridized carbons (Fsp3) is 0.429. The SMILES string of the molecule is CN(C)S(=O)NC(=O)c1cnn2ccc(N3CCCC3)cc12. The van der Waals surface area contributed by atoms with E-state index in [1.165, 1.54) is 23.3 Å². The number of nitrogens with one attached hydrogen (secondary N) is 1. The van der Waals surface area contributed by atoms with Gasteiger partial charge in [0, 0.05) is 39.1 Å². The Bertz CT molecular complexity index is 721. The maximum atomic E-state index is 12.3. The lowest BCUT2D eigenvalue weighted by Crippen LogP contribution is -2.34. The Balaban J connectivity index is 1.91. The molecule has 0 radical (unpaired) electrons. The molecule has 1 N–H and O–H groups in total. The zero-order chi connectivity index (χ0) is 15.7. The highest BCUT2D eigenvalue weighted by Gasteiger charge is 2.18. The molecule has 1 saturated heterocycles. The van der Waals surface area contributed by atoms with E-state index in [0.29, 0.717) is 5.56 Å². The Kier molecular flexibility index (Phi) is 4.12. The van der Waals surface area contributed by atoms with Crippen LogP contribution < -0.4 is 9.62 Å². The van der Waals surface area contributed by atoms with Gasteiger partial charge in [-0.3, -0.25) is 9.52 Å². The molecule has 0 aliphatic carbocycles. The Labute approximate surface area is 131 Å². The smallest absolute Gasteiger partial charge is 0.267 e. The number of amides is 1. The van der Waals surface area contributed by atoms with Crippen LogP contribution in [0.25, 0.3) is 5.52 Å². The molecule has 2 aromatic heterocycles. The van der Waals surface area contributed by atoms with E-state index in [0.717, 1.165) is 24.3 Å². The van der Waals surface area contributed by atoms with Crippen LogP contribution in [0.2, 0.25) is 0 Å². The molecule has 1 unspecified atom stereocenters. The lowest BCUT2D eigenvalue weighted by molar-refractivity contribution is 0.0983. The first-order chi connectivity index (χ1) is 10.6. The van der Waals surface area contributed by atoms with Crippen LogP contribution in [0, 0.1) is 0 Å². The molecule has 1 fully saturated rings. The topological polar surface area (TPSA) is 70.0 Å². The zero-order valence-corrected chi connectivity index (χ0v) is 13.5. The number of hydrogen-bond acceptors (Lipinski definition) is 4. The average molecular weight is 321 g/mol. The van der Waals surface area contributed by atoms with Crippen LogP contribution >= 0.6 is 0 Å². The number of nitrogens with zero attached hydrogens (tertiary/aromatic N) is 4. The van der Waals surface area contributed by atoms with E-state index < -0.39 is 11.2 Å². The second-order valence-electron chi connectivity index (χ2n) is 5.46. The third-order valence-corrected chi connectivity index (χ3v) is 4.76. The van der Waals surface area contributed by atoms with Crippen LogP contribution in [-0.4, -0.2) is 51.2 Å². The standard InChI is InChI=1S/C14H19N5O2S/c1-17(2)22(21)16-14(20)12-10-15-19-8-5-11(9-13(12)19)18-6-3-4-7-18/h5,8-10H,3-4,6-7H2,1-2H3,(H,16,20). The van der Waals surface area contributed by atoms with Crippen molar-refractivity contribution < 1.29 is 9.00 Å². The fourth-order valence-corrected chi connectivity index (χ4v) is 2.99. The quantitative estimate of drug-likeness (QED) is 0.904. The lowest BCUT2D eigenvalue weighted by Gasteiger charge is -2.17. The molecule has 0 bridgehead atoms. The summed E-state index contributed by atoms with van der Waals surface area (Å²) in [6.07, 6.45) is 5.74. The van der Waals surface area contributed by atoms with E-state index in [1.807, 2.05) is 18.3 Å². The maximum absolute atomic E-state index is 12.3. The van der Waals surface area contributed by atoms with Crippen molar-refractivity contribution >= 4 is 28.3 Å². The van der Waals surface area contributed by atoms with Gasteiger partial charge in [0.25, 0.3) is 5.91 Å². The van der Waals surface area contributed by atoms with Gasteiger partial charge in [-0.05, 0) is 25.0 Å². The molecule has 1 amide bonds. The summed E-state index contributed by atoms with van der Waals surface area (Å²) in [7, 11) is 3.27. The number of carbonyl (C=O) groups is 1. The van der Waals surface area contributed by atoms with Gasteiger partial charge in [0.1, 0.15) is 0 Å². The summed E-state index contributed by atoms with van der Waals surface area (Å²) in [6.45, 7) is 2.08. The third kappa shape index (κ3) is 2.84. The molecule has 1 aliphatic rings. The highest BCUT2D eigenvalue weighted by molar-refractivity contribution is 7.81. The molecular formula is C14H19N5O2S. The molecule has 2 aromatic rings. The minimum absolute atomic E-state index is 0.388. The second-order valence-corrected chi connectivity index (χ2v) is 6.89. The normalized spacial score (nSPS) is 16.4. The molecule has 1 aliphatic heterocycles. The van der Waals surface area contributed by atoms with E-state index >= 15 is 0 Å². The lowest BCUT2D eigenvalue weighted by atomic mass is 10.2. The summed E-state index contributed by atoms with van der Waals surface area (Å²) < 4.78 is 17.3. The third-order valence-electron chi connectivity index (χ3n) is 3.73. The molecule has 0 saturated carbocycles. The maximum Gasteiger partial charge on any atom is 0.267 e. The van der Waals surface area contributed by atoms with Gasteiger partial charge in [-0.25, -0.2) is 13.0 Å². The molecule has 3 heterocycles. The predicted molar refractivity (Wildman–Crippen MR) is 85.9 cm³/mol. The summed E-state index contributed by atoms with van der Waals surface area (Å²) in [5.74, 6) is -0.388. The number of rotatable bonds is 4. The van der Waals surface area contributed by atoms with Crippen molar-refractivity contribution in [1.82, 2.24) is 18.6 Å². The number of anilines is 1. The van der Waals surface area contributed by atoms with Gasteiger partial charge in [0.05, 0.1) is 17.3 Å². The molecule has 1 atom stereocenters. The highest BCUT2D eigenvalue weighted by Crippen LogP contribution is 2.23. The Morgan fingerprint density at radius 2 is 2.09 bits per heavy atom. The van der Waals surface area contributed by atoms with Gasteiger partial charge < -0.3 is 4.90 Å². The van der Waals surface area contributed by atoms with Crippen LogP contribution in [0.4, 0.5) is 5.69 Å². The summed E-state index contributed by atoms with van der Waals surface area (Å²) in [4.78, 5) is 14.6. The van der Waals surface area contributed by atoms with E-state index in [4.69, 9.17) is 0 Å². The number of fused-ring (bicyclic) bond motifs is 1. The first-order valence-corrected chi connectivity index (χ1v) is 8.29. The van der Waals surface area contributed by atoms with Crippen LogP contribution in [0.3, 0.4) is 0 Å². The molecule has 22 heavy (non-hydrogen) atoms. The monoisotopic (exact) mass is 321 g/mol. The van der Waals surface area contributed by atoms with Crippen molar-refractivity contribution in [1.29, 1.82) is 0 Å². The number of hydrogen-bond donors (Lipinski definition) is 1. The molecular weight excluding hydrogens is 302 g/mol. The van der Waals surface area contributed by atoms with Gasteiger partial charge >= 0.3 is 0 Å². The largest absolute Gasteiger partial charge is 0.371 e. The van der Waals surface area contributed by atoms with Crippen LogP contribution in [0.1, 0.15) is 23.2 Å². The van der Waals surface area contributed by atoms with Crippen LogP contribution in [0.15, 0.2) is 24.5 Å². The highest BCUT2D eigenvalue weighted by atomic mass is 32.2. The molecule has 7 nitrogen and oxygen atoms in total. The van der Waals surface area contributed by atoms with Crippen molar-refractivity contribution in [2.75, 3.05) is 32.1 Å². The van der Waals surface area contributed by atoms with Crippen molar-refractivity contribution in [3.8, 4) is 0 Å². The van der Waals surface area contributed by atoms with Crippen molar-refractivity contribution in [3.63, 3.8) is 0 Å². The molecule has 0 spiro atoms. The average Bonchev–Trinajstić information content (AvgIpc) is 3.15. The Hall–Kier alpha value is -1.93. The zero-order valence-electron chi connectivity index (χ0n) is 12.7. The summed E-state index contributed by atoms with van der Waals surface area (Å²) in [5.41, 5.74) is 2.24. The van der Waals surface area contributed by atoms with E-state index in [-0.39, 0.29) is 5.91 Å². The van der Waals surface area contributed by atoms with Crippen molar-refractivity contribution in [2.45, 2.75) is 12.8 Å². The number of aromatic nitrogens is 2. The van der Waals surface area contributed by atoms with Gasteiger partial charge in [-0.15, -0.1) is 0 Å². The Morgan fingerprint density at radius 3 is 2.77 bits per heavy atom. The summed E-state index contributed by atoms with van der Waals surface area (Å²) >= 11 is -1.55. The summed E-state index contributed by atoms with van der Waals surface area (Å²) in [5, 5.41) is 4.18. The van der Waals surface area contributed by atoms with Gasteiger partial charge in [0.2, 0.25) is 0 Å². The van der Waals surface area contributed by atoms with Crippen molar-refractivity contribution in [2.24, 2.45) is 0 Å². The first kappa shape index (κ1) is 15.0. The van der Waals surface area contributed by atoms with Crippen LogP contribution in [0.5, 0.6) is 0 Å². The van der Waals surface area contributed by atoms with Crippen molar-refractivity contribution in [3.05, 3.63) is 30.1 Å². The minimum atomic E-state index is -1.55. The molecule has 3 rings (SSSR count). The van der Waals surface area contributed by atoms with Gasteiger partial charge in [0.15, 0.2) is 11.2 Å². The predicted octanol–water partition coefficient (Wildman–Crippen LogP) is 0.805. The van der Waals surface area contributed by atoms with Gasteiger partial charge in [-0.2, -0.15) is 5.10 Å². The molecule has 0 aromatic carbocycles. The molecule has 8 heteroatoms. The van der Waals surface area contributed by atoms with E-state index in [1.54, 1.807) is 18.6 Å². The van der Waals surface area contributed by atoms with Gasteiger partial charge in [-0.1, -0.05) is 0 Å². The fourth-order valence-electron chi connectivity index (χ4n) is 2.54. The first-order valence-electron chi connectivity index (χ1n) is 7.19. The van der Waals surface area contributed by atoms with E-state index in [9.17, 15) is 9.00 Å². The molecule has 118 valence electrons. The minimum Gasteiger partial charge on any atom is -0.371 e. The summed E-state index contributed by atoms with van der Waals surface area (Å²) in [6, 6.07) is 3.97. The number of pyridine rings is 1. The number of carbonyl (C=O) groups excluding carboxylic acids is 1. The van der Waals surface area contributed by atoms with E-state index in [2.05, 4.69) is 14.7 Å². The Morgan fingerprint density at radius 1 is 1.36 bits per heavy atom.